The van der Waals surface area contributed by atoms with Crippen LogP contribution in [0.2, 0.25) is 0 Å². The van der Waals surface area contributed by atoms with E-state index in [0.29, 0.717) is 0 Å². The fourth-order valence-electron chi connectivity index (χ4n) is 1.17. The largest absolute Gasteiger partial charge is 0.468 e. The lowest BCUT2D eigenvalue weighted by atomic mass is 9.95. The highest BCUT2D eigenvalue weighted by atomic mass is 32.1. The van der Waals surface area contributed by atoms with Crippen LogP contribution < -0.4 is 5.73 Å². The molecule has 15 heavy (non-hydrogen) atoms. The normalized spacial score (nSPS) is 13.7. The van der Waals surface area contributed by atoms with Gasteiger partial charge in [-0.25, -0.2) is 4.79 Å². The molecule has 0 aliphatic carbocycles. The van der Waals surface area contributed by atoms with Crippen molar-refractivity contribution in [3.05, 3.63) is 21.9 Å². The molecule has 0 aliphatic heterocycles. The topological polar surface area (TPSA) is 52.3 Å². The minimum absolute atomic E-state index is 0.0960. The average Bonchev–Trinajstić information content (AvgIpc) is 2.63. The maximum atomic E-state index is 11.2. The molecule has 0 saturated heterocycles. The van der Waals surface area contributed by atoms with E-state index in [9.17, 15) is 4.79 Å². The molecule has 0 amide bonds. The molecule has 1 unspecified atom stereocenters. The molecule has 0 aliphatic rings. The number of esters is 1. The second-order valence-electron chi connectivity index (χ2n) is 4.45. The van der Waals surface area contributed by atoms with Crippen molar-refractivity contribution in [2.75, 3.05) is 7.11 Å². The predicted octanol–water partition coefficient (Wildman–Crippen LogP) is 2.22. The fraction of sp³-hybridized carbons (Fsp3) is 0.545. The summed E-state index contributed by atoms with van der Waals surface area (Å²) in [5, 5.41) is 0. The quantitative estimate of drug-likeness (QED) is 0.788. The molecule has 0 spiro atoms. The molecule has 1 aromatic rings. The number of ether oxygens (including phenoxy) is 1. The van der Waals surface area contributed by atoms with Gasteiger partial charge in [0, 0.05) is 9.75 Å². The van der Waals surface area contributed by atoms with Crippen LogP contribution in [-0.4, -0.2) is 13.1 Å². The first-order chi connectivity index (χ1) is 6.86. The van der Waals surface area contributed by atoms with E-state index in [0.717, 1.165) is 4.88 Å². The van der Waals surface area contributed by atoms with Gasteiger partial charge >= 0.3 is 5.97 Å². The molecule has 1 atom stereocenters. The van der Waals surface area contributed by atoms with Crippen molar-refractivity contribution in [3.8, 4) is 0 Å². The Kier molecular flexibility index (Phi) is 3.52. The van der Waals surface area contributed by atoms with Crippen LogP contribution in [0.15, 0.2) is 12.1 Å². The van der Waals surface area contributed by atoms with Gasteiger partial charge in [0.15, 0.2) is 0 Å². The summed E-state index contributed by atoms with van der Waals surface area (Å²) in [5.41, 5.74) is 5.84. The monoisotopic (exact) mass is 227 g/mol. The summed E-state index contributed by atoms with van der Waals surface area (Å²) in [7, 11) is 1.35. The summed E-state index contributed by atoms with van der Waals surface area (Å²) in [6.07, 6.45) is 0. The molecule has 2 N–H and O–H groups in total. The summed E-state index contributed by atoms with van der Waals surface area (Å²) < 4.78 is 4.60. The summed E-state index contributed by atoms with van der Waals surface area (Å²) in [6, 6.07) is 3.26. The summed E-state index contributed by atoms with van der Waals surface area (Å²) >= 11 is 1.57. The first-order valence-corrected chi connectivity index (χ1v) is 5.61. The third kappa shape index (κ3) is 2.79. The lowest BCUT2D eigenvalue weighted by molar-refractivity contribution is -0.142. The Morgan fingerprint density at radius 2 is 2.07 bits per heavy atom. The van der Waals surface area contributed by atoms with Crippen LogP contribution in [0.1, 0.15) is 36.6 Å². The van der Waals surface area contributed by atoms with Gasteiger partial charge in [-0.3, -0.25) is 0 Å². The van der Waals surface area contributed by atoms with E-state index in [-0.39, 0.29) is 5.41 Å². The van der Waals surface area contributed by atoms with E-state index in [1.165, 1.54) is 12.0 Å². The van der Waals surface area contributed by atoms with Crippen molar-refractivity contribution in [2.45, 2.75) is 32.2 Å². The summed E-state index contributed by atoms with van der Waals surface area (Å²) in [5.74, 6) is -0.391. The van der Waals surface area contributed by atoms with Gasteiger partial charge in [-0.05, 0) is 17.5 Å². The zero-order valence-electron chi connectivity index (χ0n) is 9.53. The van der Waals surface area contributed by atoms with Crippen molar-refractivity contribution in [3.63, 3.8) is 0 Å². The Hall–Kier alpha value is -0.870. The number of thiophene rings is 1. The van der Waals surface area contributed by atoms with Crippen molar-refractivity contribution < 1.29 is 9.53 Å². The van der Waals surface area contributed by atoms with E-state index in [1.807, 2.05) is 12.1 Å². The number of hydrogen-bond acceptors (Lipinski definition) is 4. The van der Waals surface area contributed by atoms with E-state index in [2.05, 4.69) is 25.5 Å². The van der Waals surface area contributed by atoms with Crippen molar-refractivity contribution in [2.24, 2.45) is 5.73 Å². The van der Waals surface area contributed by atoms with Gasteiger partial charge in [0.1, 0.15) is 6.04 Å². The van der Waals surface area contributed by atoms with Gasteiger partial charge in [-0.15, -0.1) is 11.3 Å². The molecule has 0 bridgehead atoms. The molecule has 1 heterocycles. The number of hydrogen-bond donors (Lipinski definition) is 1. The Bertz CT molecular complexity index is 352. The molecule has 1 aromatic heterocycles. The molecule has 84 valence electrons. The van der Waals surface area contributed by atoms with Crippen LogP contribution in [0.5, 0.6) is 0 Å². The minimum Gasteiger partial charge on any atom is -0.468 e. The summed E-state index contributed by atoms with van der Waals surface area (Å²) in [4.78, 5) is 13.3. The molecule has 0 aromatic carbocycles. The Morgan fingerprint density at radius 3 is 2.47 bits per heavy atom. The standard InChI is InChI=1S/C11H17NO2S/c1-11(2,3)8-6-5-7(15-8)9(12)10(13)14-4/h5-6,9H,12H2,1-4H3. The number of nitrogens with two attached hydrogens (primary N) is 1. The number of carbonyl (C=O) groups is 1. The molecule has 0 radical (unpaired) electrons. The molecule has 0 saturated carbocycles. The molecular weight excluding hydrogens is 210 g/mol. The fourth-order valence-corrected chi connectivity index (χ4v) is 2.22. The van der Waals surface area contributed by atoms with Crippen molar-refractivity contribution >= 4 is 17.3 Å². The van der Waals surface area contributed by atoms with Gasteiger partial charge in [0.2, 0.25) is 0 Å². The van der Waals surface area contributed by atoms with Crippen LogP contribution in [0.3, 0.4) is 0 Å². The smallest absolute Gasteiger partial charge is 0.328 e. The van der Waals surface area contributed by atoms with Gasteiger partial charge in [0.05, 0.1) is 7.11 Å². The number of methoxy groups -OCH3 is 1. The Morgan fingerprint density at radius 1 is 1.47 bits per heavy atom. The van der Waals surface area contributed by atoms with Crippen LogP contribution in [0.4, 0.5) is 0 Å². The first kappa shape index (κ1) is 12.2. The maximum absolute atomic E-state index is 11.2. The zero-order chi connectivity index (χ0) is 11.6. The lowest BCUT2D eigenvalue weighted by Crippen LogP contribution is -2.21. The SMILES string of the molecule is COC(=O)C(N)c1ccc(C(C)(C)C)s1. The summed E-state index contributed by atoms with van der Waals surface area (Å²) in [6.45, 7) is 6.39. The maximum Gasteiger partial charge on any atom is 0.328 e. The van der Waals surface area contributed by atoms with Gasteiger partial charge < -0.3 is 10.5 Å². The van der Waals surface area contributed by atoms with Gasteiger partial charge in [-0.1, -0.05) is 20.8 Å². The first-order valence-electron chi connectivity index (χ1n) is 4.80. The zero-order valence-corrected chi connectivity index (χ0v) is 10.4. The second-order valence-corrected chi connectivity index (χ2v) is 5.57. The molecule has 0 fully saturated rings. The van der Waals surface area contributed by atoms with Crippen LogP contribution in [0.25, 0.3) is 0 Å². The van der Waals surface area contributed by atoms with Crippen molar-refractivity contribution in [1.29, 1.82) is 0 Å². The number of carbonyl (C=O) groups excluding carboxylic acids is 1. The van der Waals surface area contributed by atoms with Crippen LogP contribution in [-0.2, 0) is 14.9 Å². The van der Waals surface area contributed by atoms with E-state index >= 15 is 0 Å². The predicted molar refractivity (Wildman–Crippen MR) is 62.0 cm³/mol. The molecular formula is C11H17NO2S. The van der Waals surface area contributed by atoms with Crippen LogP contribution >= 0.6 is 11.3 Å². The minimum atomic E-state index is -0.656. The van der Waals surface area contributed by atoms with Crippen LogP contribution in [0, 0.1) is 0 Å². The van der Waals surface area contributed by atoms with Gasteiger partial charge in [0.25, 0.3) is 0 Å². The van der Waals surface area contributed by atoms with Gasteiger partial charge in [-0.2, -0.15) is 0 Å². The highest BCUT2D eigenvalue weighted by molar-refractivity contribution is 7.12. The highest BCUT2D eigenvalue weighted by Crippen LogP contribution is 2.31. The molecule has 1 rings (SSSR count). The average molecular weight is 227 g/mol. The third-order valence-corrected chi connectivity index (χ3v) is 3.72. The second kappa shape index (κ2) is 4.33. The molecule has 3 nitrogen and oxygen atoms in total. The lowest BCUT2D eigenvalue weighted by Gasteiger charge is -2.15. The van der Waals surface area contributed by atoms with E-state index in [4.69, 9.17) is 5.73 Å². The molecule has 4 heteroatoms. The van der Waals surface area contributed by atoms with E-state index in [1.54, 1.807) is 11.3 Å². The number of rotatable bonds is 2. The van der Waals surface area contributed by atoms with E-state index < -0.39 is 12.0 Å². The Labute approximate surface area is 94.2 Å². The Balaban J connectivity index is 2.89. The third-order valence-electron chi connectivity index (χ3n) is 2.13. The highest BCUT2D eigenvalue weighted by Gasteiger charge is 2.22. The van der Waals surface area contributed by atoms with Crippen molar-refractivity contribution in [1.82, 2.24) is 0 Å².